The maximum absolute atomic E-state index is 12.6. The minimum Gasteiger partial charge on any atom is -0.375 e. The van der Waals surface area contributed by atoms with Crippen LogP contribution in [-0.2, 0) is 10.4 Å². The van der Waals surface area contributed by atoms with Gasteiger partial charge in [-0.3, -0.25) is 4.79 Å². The van der Waals surface area contributed by atoms with Gasteiger partial charge in [0.1, 0.15) is 6.07 Å². The average molecular weight is 391 g/mol. The summed E-state index contributed by atoms with van der Waals surface area (Å²) < 4.78 is 0. The van der Waals surface area contributed by atoms with Crippen molar-refractivity contribution in [2.45, 2.75) is 18.4 Å². The second-order valence-corrected chi connectivity index (χ2v) is 7.10. The zero-order valence-electron chi connectivity index (χ0n) is 15.3. The quantitative estimate of drug-likeness (QED) is 0.689. The zero-order chi connectivity index (χ0) is 20.3. The summed E-state index contributed by atoms with van der Waals surface area (Å²) in [4.78, 5) is 12.6. The summed E-state index contributed by atoms with van der Waals surface area (Å²) in [5, 5.41) is 21.0. The molecule has 0 bridgehead atoms. The third kappa shape index (κ3) is 3.50. The lowest BCUT2D eigenvalue weighted by atomic mass is 9.73. The molecule has 28 heavy (non-hydrogen) atoms. The smallest absolute Gasteiger partial charge is 0.255 e. The maximum Gasteiger partial charge on any atom is 0.255 e. The van der Waals surface area contributed by atoms with Gasteiger partial charge in [0.05, 0.1) is 16.5 Å². The van der Waals surface area contributed by atoms with E-state index in [-0.39, 0.29) is 5.02 Å². The third-order valence-corrected chi connectivity index (χ3v) is 5.18. The normalized spacial score (nSPS) is 13.9. The Morgan fingerprint density at radius 3 is 2.21 bits per heavy atom. The van der Waals surface area contributed by atoms with Crippen LogP contribution >= 0.6 is 11.6 Å². The molecule has 0 aliphatic heterocycles. The van der Waals surface area contributed by atoms with Crippen molar-refractivity contribution in [3.05, 3.63) is 106 Å². The van der Waals surface area contributed by atoms with E-state index in [1.54, 1.807) is 48.5 Å². The molecule has 0 aliphatic rings. The summed E-state index contributed by atoms with van der Waals surface area (Å²) in [6.45, 7) is 1.95. The maximum atomic E-state index is 12.6. The van der Waals surface area contributed by atoms with Crippen LogP contribution in [0, 0.1) is 18.3 Å². The fourth-order valence-corrected chi connectivity index (χ4v) is 3.61. The molecule has 2 atom stereocenters. The largest absolute Gasteiger partial charge is 0.375 e. The zero-order valence-corrected chi connectivity index (χ0v) is 16.0. The van der Waals surface area contributed by atoms with Gasteiger partial charge in [-0.25, -0.2) is 0 Å². The summed E-state index contributed by atoms with van der Waals surface area (Å²) in [6.07, 6.45) is 0. The standard InChI is InChI=1S/C23H19ClN2O2/c1-15-7-9-16(10-8-15)21(17-11-12-18(14-25)20(24)13-17)23(28,22(26)27)19-5-3-2-4-6-19/h2-13,21,28H,1H3,(H2,26,27). The van der Waals surface area contributed by atoms with Crippen LogP contribution in [0.3, 0.4) is 0 Å². The molecule has 3 N–H and O–H groups in total. The Balaban J connectivity index is 2.29. The first kappa shape index (κ1) is 19.6. The molecule has 0 fully saturated rings. The number of nitrogens with two attached hydrogens (primary N) is 1. The molecule has 0 saturated heterocycles. The highest BCUT2D eigenvalue weighted by molar-refractivity contribution is 6.31. The summed E-state index contributed by atoms with van der Waals surface area (Å²) in [5.41, 5.74) is 6.75. The van der Waals surface area contributed by atoms with Crippen molar-refractivity contribution in [2.24, 2.45) is 5.73 Å². The first-order valence-electron chi connectivity index (χ1n) is 8.72. The minimum absolute atomic E-state index is 0.247. The predicted octanol–water partition coefficient (Wildman–Crippen LogP) is 4.03. The van der Waals surface area contributed by atoms with E-state index in [1.807, 2.05) is 37.3 Å². The average Bonchev–Trinajstić information content (AvgIpc) is 2.70. The number of rotatable bonds is 5. The van der Waals surface area contributed by atoms with Gasteiger partial charge in [0, 0.05) is 0 Å². The van der Waals surface area contributed by atoms with Crippen LogP contribution in [0.15, 0.2) is 72.8 Å². The second-order valence-electron chi connectivity index (χ2n) is 6.69. The number of amides is 1. The van der Waals surface area contributed by atoms with E-state index in [0.29, 0.717) is 22.3 Å². The fourth-order valence-electron chi connectivity index (χ4n) is 3.38. The SMILES string of the molecule is Cc1ccc(C(c2ccc(C#N)c(Cl)c2)C(O)(C(N)=O)c2ccccc2)cc1. The fraction of sp³-hybridized carbons (Fsp3) is 0.130. The molecule has 0 saturated carbocycles. The molecule has 0 aromatic heterocycles. The van der Waals surface area contributed by atoms with Crippen LogP contribution in [0.2, 0.25) is 5.02 Å². The highest BCUT2D eigenvalue weighted by Crippen LogP contribution is 2.42. The van der Waals surface area contributed by atoms with Crippen molar-refractivity contribution in [2.75, 3.05) is 0 Å². The second kappa shape index (κ2) is 7.85. The molecule has 3 aromatic carbocycles. The van der Waals surface area contributed by atoms with E-state index in [2.05, 4.69) is 0 Å². The first-order chi connectivity index (χ1) is 13.4. The van der Waals surface area contributed by atoms with Gasteiger partial charge in [-0.2, -0.15) is 5.26 Å². The van der Waals surface area contributed by atoms with Gasteiger partial charge >= 0.3 is 0 Å². The molecule has 3 aromatic rings. The van der Waals surface area contributed by atoms with Crippen LogP contribution in [-0.4, -0.2) is 11.0 Å². The summed E-state index contributed by atoms with van der Waals surface area (Å²) in [7, 11) is 0. The highest BCUT2D eigenvalue weighted by Gasteiger charge is 2.46. The highest BCUT2D eigenvalue weighted by atomic mass is 35.5. The number of carbonyl (C=O) groups excluding carboxylic acids is 1. The van der Waals surface area contributed by atoms with E-state index in [0.717, 1.165) is 5.56 Å². The summed E-state index contributed by atoms with van der Waals surface area (Å²) in [6, 6.07) is 23.0. The molecule has 0 aliphatic carbocycles. The first-order valence-corrected chi connectivity index (χ1v) is 9.09. The van der Waals surface area contributed by atoms with Gasteiger partial charge in [0.2, 0.25) is 0 Å². The van der Waals surface area contributed by atoms with E-state index < -0.39 is 17.4 Å². The number of hydrogen-bond donors (Lipinski definition) is 2. The Labute approximate surface area is 168 Å². The van der Waals surface area contributed by atoms with Crippen molar-refractivity contribution in [1.29, 1.82) is 5.26 Å². The molecule has 5 heteroatoms. The Kier molecular flexibility index (Phi) is 5.51. The Morgan fingerprint density at radius 2 is 1.68 bits per heavy atom. The van der Waals surface area contributed by atoms with Crippen LogP contribution in [0.4, 0.5) is 0 Å². The topological polar surface area (TPSA) is 87.1 Å². The Bertz CT molecular complexity index is 1040. The monoisotopic (exact) mass is 390 g/mol. The third-order valence-electron chi connectivity index (χ3n) is 4.86. The van der Waals surface area contributed by atoms with E-state index in [9.17, 15) is 9.90 Å². The van der Waals surface area contributed by atoms with Crippen molar-refractivity contribution in [3.63, 3.8) is 0 Å². The van der Waals surface area contributed by atoms with Crippen molar-refractivity contribution >= 4 is 17.5 Å². The lowest BCUT2D eigenvalue weighted by Crippen LogP contribution is -2.46. The number of hydrogen-bond acceptors (Lipinski definition) is 3. The predicted molar refractivity (Wildman–Crippen MR) is 109 cm³/mol. The number of carbonyl (C=O) groups is 1. The molecule has 0 heterocycles. The van der Waals surface area contributed by atoms with Crippen molar-refractivity contribution in [3.8, 4) is 6.07 Å². The Morgan fingerprint density at radius 1 is 1.07 bits per heavy atom. The van der Waals surface area contributed by atoms with Gasteiger partial charge in [-0.05, 0) is 35.7 Å². The van der Waals surface area contributed by atoms with Gasteiger partial charge in [-0.1, -0.05) is 77.8 Å². The van der Waals surface area contributed by atoms with Crippen LogP contribution in [0.1, 0.15) is 33.7 Å². The molecular weight excluding hydrogens is 372 g/mol. The number of halogens is 1. The van der Waals surface area contributed by atoms with Crippen LogP contribution in [0.25, 0.3) is 0 Å². The number of aliphatic hydroxyl groups is 1. The number of primary amides is 1. The molecule has 140 valence electrons. The van der Waals surface area contributed by atoms with Crippen LogP contribution < -0.4 is 5.73 Å². The molecule has 0 radical (unpaired) electrons. The molecule has 4 nitrogen and oxygen atoms in total. The molecule has 2 unspecified atom stereocenters. The van der Waals surface area contributed by atoms with E-state index >= 15 is 0 Å². The number of nitriles is 1. The molecule has 1 amide bonds. The minimum atomic E-state index is -2.01. The van der Waals surface area contributed by atoms with E-state index in [1.165, 1.54) is 0 Å². The van der Waals surface area contributed by atoms with Gasteiger partial charge < -0.3 is 10.8 Å². The lowest BCUT2D eigenvalue weighted by molar-refractivity contribution is -0.138. The number of aryl methyl sites for hydroxylation is 1. The molecular formula is C23H19ClN2O2. The summed E-state index contributed by atoms with van der Waals surface area (Å²) in [5.74, 6) is -1.68. The molecule has 3 rings (SSSR count). The van der Waals surface area contributed by atoms with Crippen molar-refractivity contribution in [1.82, 2.24) is 0 Å². The van der Waals surface area contributed by atoms with Crippen molar-refractivity contribution < 1.29 is 9.90 Å². The lowest BCUT2D eigenvalue weighted by Gasteiger charge is -2.35. The number of nitrogens with zero attached hydrogens (tertiary/aromatic N) is 1. The van der Waals surface area contributed by atoms with Crippen LogP contribution in [0.5, 0.6) is 0 Å². The van der Waals surface area contributed by atoms with Gasteiger partial charge in [0.25, 0.3) is 5.91 Å². The number of benzene rings is 3. The van der Waals surface area contributed by atoms with Gasteiger partial charge in [0.15, 0.2) is 5.60 Å². The molecule has 0 spiro atoms. The summed E-state index contributed by atoms with van der Waals surface area (Å²) >= 11 is 6.24. The van der Waals surface area contributed by atoms with Gasteiger partial charge in [-0.15, -0.1) is 0 Å². The Hall–Kier alpha value is -3.13. The van der Waals surface area contributed by atoms with E-state index in [4.69, 9.17) is 22.6 Å².